The predicted octanol–water partition coefficient (Wildman–Crippen LogP) is 1.96. The van der Waals surface area contributed by atoms with Crippen molar-refractivity contribution in [3.05, 3.63) is 0 Å². The molecule has 0 spiro atoms. The van der Waals surface area contributed by atoms with Gasteiger partial charge in [0.25, 0.3) is 0 Å². The lowest BCUT2D eigenvalue weighted by Crippen LogP contribution is -2.47. The number of hydrogen-bond donors (Lipinski definition) is 0. The fourth-order valence-electron chi connectivity index (χ4n) is 2.14. The number of nitrogens with zero attached hydrogens (tertiary/aromatic N) is 1. The van der Waals surface area contributed by atoms with Crippen molar-refractivity contribution in [3.8, 4) is 0 Å². The second kappa shape index (κ2) is 3.71. The van der Waals surface area contributed by atoms with Gasteiger partial charge in [-0.25, -0.2) is 0 Å². The summed E-state index contributed by atoms with van der Waals surface area (Å²) in [6.45, 7) is 7.81. The highest BCUT2D eigenvalue weighted by molar-refractivity contribution is 6.04. The topological polar surface area (TPSA) is 37.4 Å². The molecule has 0 radical (unpaired) electrons. The van der Waals surface area contributed by atoms with Crippen LogP contribution in [0.2, 0.25) is 0 Å². The van der Waals surface area contributed by atoms with Crippen molar-refractivity contribution >= 4 is 11.8 Å². The Bertz CT molecular complexity index is 258. The fourth-order valence-corrected chi connectivity index (χ4v) is 2.14. The first-order chi connectivity index (χ1) is 6.40. The van der Waals surface area contributed by atoms with E-state index in [-0.39, 0.29) is 23.3 Å². The van der Waals surface area contributed by atoms with Gasteiger partial charge in [-0.3, -0.25) is 14.5 Å². The van der Waals surface area contributed by atoms with Crippen LogP contribution in [0.4, 0.5) is 0 Å². The van der Waals surface area contributed by atoms with Crippen molar-refractivity contribution in [2.75, 3.05) is 0 Å². The van der Waals surface area contributed by atoms with Gasteiger partial charge in [0.1, 0.15) is 0 Å². The van der Waals surface area contributed by atoms with Gasteiger partial charge in [0.05, 0.1) is 0 Å². The molecule has 80 valence electrons. The van der Waals surface area contributed by atoms with Crippen molar-refractivity contribution in [1.29, 1.82) is 0 Å². The summed E-state index contributed by atoms with van der Waals surface area (Å²) in [5.41, 5.74) is -0.312. The molecule has 0 aromatic heterocycles. The SMILES string of the molecule is CCCC(C)(C)N1C(=O)CC(C)C1=O. The van der Waals surface area contributed by atoms with E-state index in [0.717, 1.165) is 12.8 Å². The van der Waals surface area contributed by atoms with Gasteiger partial charge in [-0.15, -0.1) is 0 Å². The molecular weight excluding hydrogens is 178 g/mol. The smallest absolute Gasteiger partial charge is 0.233 e. The van der Waals surface area contributed by atoms with E-state index < -0.39 is 0 Å². The molecular formula is C11H19NO2. The van der Waals surface area contributed by atoms with Crippen LogP contribution in [-0.4, -0.2) is 22.3 Å². The summed E-state index contributed by atoms with van der Waals surface area (Å²) in [6.07, 6.45) is 2.24. The van der Waals surface area contributed by atoms with Crippen molar-refractivity contribution in [3.63, 3.8) is 0 Å². The van der Waals surface area contributed by atoms with E-state index in [1.165, 1.54) is 4.90 Å². The molecule has 1 unspecified atom stereocenters. The molecule has 1 fully saturated rings. The van der Waals surface area contributed by atoms with Gasteiger partial charge in [-0.1, -0.05) is 20.3 Å². The van der Waals surface area contributed by atoms with Gasteiger partial charge >= 0.3 is 0 Å². The molecule has 1 aliphatic rings. The van der Waals surface area contributed by atoms with Gasteiger partial charge in [-0.05, 0) is 20.3 Å². The van der Waals surface area contributed by atoms with Gasteiger partial charge in [-0.2, -0.15) is 0 Å². The summed E-state index contributed by atoms with van der Waals surface area (Å²) >= 11 is 0. The zero-order valence-corrected chi connectivity index (χ0v) is 9.46. The highest BCUT2D eigenvalue weighted by Gasteiger charge is 2.43. The third kappa shape index (κ3) is 1.81. The number of rotatable bonds is 3. The number of likely N-dealkylation sites (tertiary alicyclic amines) is 1. The number of carbonyl (C=O) groups excluding carboxylic acids is 2. The largest absolute Gasteiger partial charge is 0.277 e. The molecule has 1 saturated heterocycles. The molecule has 2 amide bonds. The Morgan fingerprint density at radius 2 is 2.00 bits per heavy atom. The molecule has 0 N–H and O–H groups in total. The first kappa shape index (κ1) is 11.2. The van der Waals surface area contributed by atoms with E-state index in [4.69, 9.17) is 0 Å². The number of imide groups is 1. The molecule has 0 aromatic carbocycles. The lowest BCUT2D eigenvalue weighted by molar-refractivity contribution is -0.145. The van der Waals surface area contributed by atoms with Crippen molar-refractivity contribution in [2.45, 2.75) is 52.5 Å². The predicted molar refractivity (Wildman–Crippen MR) is 54.6 cm³/mol. The first-order valence-corrected chi connectivity index (χ1v) is 5.27. The lowest BCUT2D eigenvalue weighted by atomic mass is 9.96. The Morgan fingerprint density at radius 3 is 2.36 bits per heavy atom. The van der Waals surface area contributed by atoms with E-state index in [2.05, 4.69) is 6.92 Å². The van der Waals surface area contributed by atoms with Crippen LogP contribution in [-0.2, 0) is 9.59 Å². The van der Waals surface area contributed by atoms with Gasteiger partial charge in [0.15, 0.2) is 0 Å². The Labute approximate surface area is 85.5 Å². The van der Waals surface area contributed by atoms with Crippen LogP contribution in [0.5, 0.6) is 0 Å². The maximum atomic E-state index is 11.7. The van der Waals surface area contributed by atoms with E-state index in [9.17, 15) is 9.59 Å². The fraction of sp³-hybridized carbons (Fsp3) is 0.818. The highest BCUT2D eigenvalue weighted by Crippen LogP contribution is 2.29. The van der Waals surface area contributed by atoms with Crippen LogP contribution in [0.15, 0.2) is 0 Å². The van der Waals surface area contributed by atoms with Crippen LogP contribution in [0.3, 0.4) is 0 Å². The first-order valence-electron chi connectivity index (χ1n) is 5.27. The molecule has 1 heterocycles. The second-order valence-corrected chi connectivity index (χ2v) is 4.73. The third-order valence-electron chi connectivity index (χ3n) is 2.84. The van der Waals surface area contributed by atoms with E-state index in [0.29, 0.717) is 6.42 Å². The molecule has 0 aromatic rings. The summed E-state index contributed by atoms with van der Waals surface area (Å²) in [7, 11) is 0. The second-order valence-electron chi connectivity index (χ2n) is 4.73. The summed E-state index contributed by atoms with van der Waals surface area (Å²) in [5.74, 6) is -0.145. The Hall–Kier alpha value is -0.860. The quantitative estimate of drug-likeness (QED) is 0.648. The van der Waals surface area contributed by atoms with Crippen molar-refractivity contribution in [1.82, 2.24) is 4.90 Å². The molecule has 0 aliphatic carbocycles. The molecule has 0 bridgehead atoms. The minimum absolute atomic E-state index is 0.00606. The van der Waals surface area contributed by atoms with E-state index in [1.807, 2.05) is 20.8 Å². The summed E-state index contributed by atoms with van der Waals surface area (Å²) in [4.78, 5) is 24.8. The summed E-state index contributed by atoms with van der Waals surface area (Å²) in [5, 5.41) is 0. The molecule has 14 heavy (non-hydrogen) atoms. The summed E-state index contributed by atoms with van der Waals surface area (Å²) < 4.78 is 0. The highest BCUT2D eigenvalue weighted by atomic mass is 16.2. The van der Waals surface area contributed by atoms with Crippen LogP contribution in [0.1, 0.15) is 47.0 Å². The van der Waals surface area contributed by atoms with Gasteiger partial charge in [0, 0.05) is 17.9 Å². The van der Waals surface area contributed by atoms with Crippen LogP contribution >= 0.6 is 0 Å². The zero-order valence-electron chi connectivity index (χ0n) is 9.46. The third-order valence-corrected chi connectivity index (χ3v) is 2.84. The maximum absolute atomic E-state index is 11.7. The van der Waals surface area contributed by atoms with E-state index >= 15 is 0 Å². The molecule has 3 heteroatoms. The Balaban J connectivity index is 2.86. The maximum Gasteiger partial charge on any atom is 0.233 e. The monoisotopic (exact) mass is 197 g/mol. The number of carbonyl (C=O) groups is 2. The van der Waals surface area contributed by atoms with E-state index in [1.54, 1.807) is 0 Å². The molecule has 3 nitrogen and oxygen atoms in total. The van der Waals surface area contributed by atoms with Crippen LogP contribution in [0.25, 0.3) is 0 Å². The van der Waals surface area contributed by atoms with Crippen molar-refractivity contribution < 1.29 is 9.59 Å². The molecule has 1 aliphatic heterocycles. The van der Waals surface area contributed by atoms with Gasteiger partial charge in [0.2, 0.25) is 11.8 Å². The molecule has 1 rings (SSSR count). The minimum Gasteiger partial charge on any atom is -0.277 e. The standard InChI is InChI=1S/C11H19NO2/c1-5-6-11(3,4)12-9(13)7-8(2)10(12)14/h8H,5-7H2,1-4H3. The Kier molecular flexibility index (Phi) is 2.98. The lowest BCUT2D eigenvalue weighted by Gasteiger charge is -2.33. The number of hydrogen-bond acceptors (Lipinski definition) is 2. The average molecular weight is 197 g/mol. The van der Waals surface area contributed by atoms with Crippen molar-refractivity contribution in [2.24, 2.45) is 5.92 Å². The zero-order chi connectivity index (χ0) is 10.9. The van der Waals surface area contributed by atoms with Crippen LogP contribution < -0.4 is 0 Å². The molecule has 0 saturated carbocycles. The van der Waals surface area contributed by atoms with Gasteiger partial charge < -0.3 is 0 Å². The summed E-state index contributed by atoms with van der Waals surface area (Å²) in [6, 6.07) is 0. The minimum atomic E-state index is -0.312. The normalized spacial score (nSPS) is 23.4. The average Bonchev–Trinajstić information content (AvgIpc) is 2.26. The molecule has 1 atom stereocenters. The number of amides is 2. The van der Waals surface area contributed by atoms with Crippen LogP contribution in [0, 0.1) is 5.92 Å². The Morgan fingerprint density at radius 1 is 1.43 bits per heavy atom.